The van der Waals surface area contributed by atoms with Crippen LogP contribution in [0.15, 0.2) is 69.8 Å². The number of aliphatic imine (C=N–C) groups is 1. The summed E-state index contributed by atoms with van der Waals surface area (Å²) in [5.74, 6) is -1.99. The van der Waals surface area contributed by atoms with E-state index in [1.54, 1.807) is 18.2 Å². The Kier molecular flexibility index (Phi) is 8.22. The van der Waals surface area contributed by atoms with Crippen LogP contribution in [0.1, 0.15) is 15.9 Å². The van der Waals surface area contributed by atoms with Crippen LogP contribution in [0.2, 0.25) is 0 Å². The maximum Gasteiger partial charge on any atom is 0.257 e. The van der Waals surface area contributed by atoms with E-state index in [1.807, 2.05) is 37.4 Å². The first-order chi connectivity index (χ1) is 19.7. The molecule has 0 bridgehead atoms. The lowest BCUT2D eigenvalue weighted by Gasteiger charge is -2.17. The number of halogens is 2. The van der Waals surface area contributed by atoms with Crippen molar-refractivity contribution in [1.29, 1.82) is 0 Å². The predicted octanol–water partition coefficient (Wildman–Crippen LogP) is 4.35. The van der Waals surface area contributed by atoms with Crippen molar-refractivity contribution in [3.63, 3.8) is 0 Å². The number of hydrogen-bond acceptors (Lipinski definition) is 8. The highest BCUT2D eigenvalue weighted by Gasteiger charge is 2.21. The lowest BCUT2D eigenvalue weighted by molar-refractivity contribution is 0.0978. The smallest absolute Gasteiger partial charge is 0.257 e. The molecule has 2 aromatic heterocycles. The van der Waals surface area contributed by atoms with Gasteiger partial charge in [0.05, 0.1) is 12.2 Å². The van der Waals surface area contributed by atoms with Gasteiger partial charge in [0, 0.05) is 35.7 Å². The van der Waals surface area contributed by atoms with Crippen LogP contribution in [0, 0.1) is 18.6 Å². The molecule has 1 aliphatic heterocycles. The van der Waals surface area contributed by atoms with Gasteiger partial charge < -0.3 is 15.5 Å². The van der Waals surface area contributed by atoms with Crippen molar-refractivity contribution in [2.75, 3.05) is 39.0 Å². The number of thioether (sulfide) groups is 1. The highest BCUT2D eigenvalue weighted by atomic mass is 32.2. The molecule has 0 atom stereocenters. The minimum absolute atomic E-state index is 0.0212. The molecule has 2 aromatic carbocycles. The van der Waals surface area contributed by atoms with Gasteiger partial charge >= 0.3 is 0 Å². The van der Waals surface area contributed by atoms with Gasteiger partial charge in [-0.15, -0.1) is 0 Å². The van der Waals surface area contributed by atoms with Crippen LogP contribution >= 0.6 is 11.8 Å². The number of amides is 1. The van der Waals surface area contributed by atoms with E-state index in [9.17, 15) is 18.4 Å². The molecule has 9 nitrogen and oxygen atoms in total. The Morgan fingerprint density at radius 3 is 2.59 bits per heavy atom. The van der Waals surface area contributed by atoms with Crippen molar-refractivity contribution in [2.24, 2.45) is 4.99 Å². The molecule has 0 saturated heterocycles. The summed E-state index contributed by atoms with van der Waals surface area (Å²) in [4.78, 5) is 41.7. The second-order valence-corrected chi connectivity index (χ2v) is 10.5. The van der Waals surface area contributed by atoms with E-state index in [0.717, 1.165) is 22.3 Å². The number of aromatic nitrogens is 3. The Bertz CT molecular complexity index is 1750. The van der Waals surface area contributed by atoms with Gasteiger partial charge in [-0.25, -0.2) is 13.8 Å². The fraction of sp³-hybridized carbons (Fsp3) is 0.207. The Labute approximate surface area is 239 Å². The van der Waals surface area contributed by atoms with Gasteiger partial charge in [-0.2, -0.15) is 4.98 Å². The predicted molar refractivity (Wildman–Crippen MR) is 159 cm³/mol. The van der Waals surface area contributed by atoms with Crippen LogP contribution in [0.5, 0.6) is 0 Å². The molecule has 0 unspecified atom stereocenters. The maximum absolute atomic E-state index is 14.9. The molecule has 41 heavy (non-hydrogen) atoms. The lowest BCUT2D eigenvalue weighted by Crippen LogP contribution is -2.29. The number of likely N-dealkylation sites (N-methyl/N-ethyl adjacent to an activating group) is 1. The molecule has 1 amide bonds. The third-order valence-corrected chi connectivity index (χ3v) is 7.13. The third-order valence-electron chi connectivity index (χ3n) is 6.35. The van der Waals surface area contributed by atoms with Gasteiger partial charge in [-0.1, -0.05) is 30.0 Å². The summed E-state index contributed by atoms with van der Waals surface area (Å²) in [6.07, 6.45) is 1.89. The number of carbonyl (C=O) groups is 1. The number of pyridine rings is 1. The average molecular weight is 576 g/mol. The first kappa shape index (κ1) is 28.1. The van der Waals surface area contributed by atoms with Gasteiger partial charge in [0.15, 0.2) is 10.8 Å². The first-order valence-electron chi connectivity index (χ1n) is 12.8. The molecule has 210 valence electrons. The van der Waals surface area contributed by atoms with E-state index in [1.165, 1.54) is 30.0 Å². The normalized spacial score (nSPS) is 13.0. The highest BCUT2D eigenvalue weighted by Crippen LogP contribution is 2.31. The molecule has 0 saturated carbocycles. The monoisotopic (exact) mass is 575 g/mol. The van der Waals surface area contributed by atoms with E-state index in [-0.39, 0.29) is 17.5 Å². The number of carbonyl (C=O) groups excluding carboxylic acids is 1. The number of anilines is 1. The average Bonchev–Trinajstić information content (AvgIpc) is 2.94. The number of fused-ring (bicyclic) bond motifs is 1. The summed E-state index contributed by atoms with van der Waals surface area (Å²) >= 11 is 1.32. The van der Waals surface area contributed by atoms with Gasteiger partial charge in [-0.3, -0.25) is 19.1 Å². The topological polar surface area (TPSA) is 105 Å². The molecule has 0 fully saturated rings. The molecule has 4 aromatic rings. The summed E-state index contributed by atoms with van der Waals surface area (Å²) < 4.78 is 30.8. The number of benzene rings is 2. The molecule has 12 heteroatoms. The van der Waals surface area contributed by atoms with Gasteiger partial charge in [0.1, 0.15) is 17.3 Å². The fourth-order valence-corrected chi connectivity index (χ4v) is 4.91. The fourth-order valence-electron chi connectivity index (χ4n) is 4.29. The largest absolute Gasteiger partial charge is 0.353 e. The molecule has 2 N–H and O–H groups in total. The zero-order chi connectivity index (χ0) is 29.1. The summed E-state index contributed by atoms with van der Waals surface area (Å²) in [5.41, 5.74) is 0.985. The summed E-state index contributed by atoms with van der Waals surface area (Å²) in [5, 5.41) is 8.69. The van der Waals surface area contributed by atoms with E-state index in [0.29, 0.717) is 47.0 Å². The molecule has 0 spiro atoms. The van der Waals surface area contributed by atoms with Crippen LogP contribution in [0.4, 0.5) is 14.7 Å². The Morgan fingerprint density at radius 2 is 1.88 bits per heavy atom. The van der Waals surface area contributed by atoms with Gasteiger partial charge in [-0.05, 0) is 62.3 Å². The minimum atomic E-state index is -0.907. The summed E-state index contributed by atoms with van der Waals surface area (Å²) in [6.45, 7) is 3.48. The number of amidine groups is 1. The lowest BCUT2D eigenvalue weighted by atomic mass is 9.99. The Morgan fingerprint density at radius 1 is 1.10 bits per heavy atom. The highest BCUT2D eigenvalue weighted by molar-refractivity contribution is 8.16. The van der Waals surface area contributed by atoms with E-state index in [2.05, 4.69) is 20.6 Å². The second-order valence-electron chi connectivity index (χ2n) is 9.56. The third kappa shape index (κ3) is 6.03. The van der Waals surface area contributed by atoms with Crippen molar-refractivity contribution in [2.45, 2.75) is 6.92 Å². The number of nitrogens with one attached hydrogen (secondary N) is 2. The number of rotatable bonds is 7. The SMILES string of the molecule is Cc1ccc(C(=O)NC2=NCC=CS2)cc1-c1nc(NCCN(C)C)nc2c1ccc(=O)n2-c1c(F)cccc1F. The molecule has 0 aliphatic carbocycles. The van der Waals surface area contributed by atoms with Gasteiger partial charge in [0.2, 0.25) is 5.95 Å². The number of para-hydroxylation sites is 1. The van der Waals surface area contributed by atoms with E-state index in [4.69, 9.17) is 4.98 Å². The standard InChI is InChI=1S/C29H27F2N7O2S/c1-17-8-9-18(27(40)36-29-33-12-5-15-41-29)16-20(17)24-19-10-11-23(39)38(25-21(30)6-4-7-22(25)31)26(19)35-28(34-24)32-13-14-37(2)3/h4-11,15-16H,12-14H2,1-3H3,(H,32,34,35)(H,33,36,40). The van der Waals surface area contributed by atoms with E-state index < -0.39 is 22.9 Å². The van der Waals surface area contributed by atoms with Crippen molar-refractivity contribution in [3.05, 3.63) is 93.1 Å². The molecular weight excluding hydrogens is 548 g/mol. The molecule has 3 heterocycles. The molecule has 1 aliphatic rings. The number of aryl methyl sites for hydroxylation is 1. The van der Waals surface area contributed by atoms with Crippen molar-refractivity contribution >= 4 is 39.8 Å². The molecular formula is C29H27F2N7O2S. The Hall–Kier alpha value is -4.42. The number of nitrogens with zero attached hydrogens (tertiary/aromatic N) is 5. The van der Waals surface area contributed by atoms with Crippen LogP contribution in [0.25, 0.3) is 28.0 Å². The summed E-state index contributed by atoms with van der Waals surface area (Å²) in [6, 6.07) is 11.3. The minimum Gasteiger partial charge on any atom is -0.353 e. The van der Waals surface area contributed by atoms with E-state index >= 15 is 0 Å². The molecule has 5 rings (SSSR count). The van der Waals surface area contributed by atoms with Crippen molar-refractivity contribution < 1.29 is 13.6 Å². The zero-order valence-electron chi connectivity index (χ0n) is 22.6. The summed E-state index contributed by atoms with van der Waals surface area (Å²) in [7, 11) is 3.83. The van der Waals surface area contributed by atoms with Crippen LogP contribution < -0.4 is 16.2 Å². The van der Waals surface area contributed by atoms with Gasteiger partial charge in [0.25, 0.3) is 11.5 Å². The second kappa shape index (κ2) is 12.0. The molecule has 0 radical (unpaired) electrons. The van der Waals surface area contributed by atoms with Crippen LogP contribution in [-0.2, 0) is 0 Å². The van der Waals surface area contributed by atoms with Crippen LogP contribution in [0.3, 0.4) is 0 Å². The Balaban J connectivity index is 1.69. The quantitative estimate of drug-likeness (QED) is 0.338. The van der Waals surface area contributed by atoms with Crippen LogP contribution in [-0.4, -0.2) is 64.2 Å². The number of hydrogen-bond donors (Lipinski definition) is 2. The first-order valence-corrected chi connectivity index (χ1v) is 13.7. The maximum atomic E-state index is 14.9. The zero-order valence-corrected chi connectivity index (χ0v) is 23.4. The van der Waals surface area contributed by atoms with Crippen molar-refractivity contribution in [3.8, 4) is 16.9 Å². The van der Waals surface area contributed by atoms with Crippen molar-refractivity contribution in [1.82, 2.24) is 24.8 Å².